The fraction of sp³-hybridized carbons (Fsp3) is 0.702. The van der Waals surface area contributed by atoms with Crippen LogP contribution in [0.3, 0.4) is 0 Å². The second-order valence-corrected chi connectivity index (χ2v) is 21.3. The molecule has 2 atom stereocenters. The Morgan fingerprint density at radius 2 is 0.909 bits per heavy atom. The van der Waals surface area contributed by atoms with Crippen LogP contribution in [0.25, 0.3) is 11.4 Å². The molecule has 2 amide bonds. The van der Waals surface area contributed by atoms with Crippen LogP contribution >= 0.6 is 54.5 Å². The smallest absolute Gasteiger partial charge is 0.261 e. The molecule has 0 spiro atoms. The number of hydrogen-bond acceptors (Lipinski definition) is 4. The van der Waals surface area contributed by atoms with Crippen molar-refractivity contribution >= 4 is 77.7 Å². The van der Waals surface area contributed by atoms with E-state index in [0.29, 0.717) is 36.1 Å². The summed E-state index contributed by atoms with van der Waals surface area (Å²) in [5.41, 5.74) is 4.15. The highest BCUT2D eigenvalue weighted by Crippen LogP contribution is 2.50. The topological polar surface area (TPSA) is 40.6 Å². The van der Waals surface area contributed by atoms with Crippen molar-refractivity contribution in [1.82, 2.24) is 9.80 Å². The van der Waals surface area contributed by atoms with E-state index in [1.807, 2.05) is 4.90 Å². The van der Waals surface area contributed by atoms with Crippen LogP contribution in [0.1, 0.15) is 197 Å². The van der Waals surface area contributed by atoms with Gasteiger partial charge in [-0.15, -0.1) is 22.7 Å². The average molecular weight is 921 g/mol. The number of halogens is 2. The molecule has 2 aliphatic heterocycles. The first-order valence-corrected chi connectivity index (χ1v) is 25.6. The Morgan fingerprint density at radius 3 is 1.27 bits per heavy atom. The Labute approximate surface area is 360 Å². The fourth-order valence-electron chi connectivity index (χ4n) is 8.59. The molecule has 8 heteroatoms. The van der Waals surface area contributed by atoms with Gasteiger partial charge in [0.2, 0.25) is 0 Å². The molecule has 0 aromatic carbocycles. The largest absolute Gasteiger partial charge is 0.306 e. The predicted octanol–water partition coefficient (Wildman–Crippen LogP) is 16.1. The molecule has 0 radical (unpaired) electrons. The Kier molecular flexibility index (Phi) is 21.4. The Balaban J connectivity index is 1.71. The molecule has 0 saturated heterocycles. The van der Waals surface area contributed by atoms with E-state index < -0.39 is 0 Å². The van der Waals surface area contributed by atoms with Gasteiger partial charge in [-0.3, -0.25) is 9.59 Å². The van der Waals surface area contributed by atoms with E-state index in [9.17, 15) is 0 Å². The highest BCUT2D eigenvalue weighted by molar-refractivity contribution is 9.11. The predicted molar refractivity (Wildman–Crippen MR) is 247 cm³/mol. The van der Waals surface area contributed by atoms with Gasteiger partial charge in [0.25, 0.3) is 11.8 Å². The zero-order chi connectivity index (χ0) is 39.6. The molecule has 2 aliphatic rings. The number of aryl methyl sites for hydroxylation is 1. The summed E-state index contributed by atoms with van der Waals surface area (Å²) in [6, 6.07) is 6.37. The lowest BCUT2D eigenvalue weighted by molar-refractivity contribution is -0.124. The van der Waals surface area contributed by atoms with Gasteiger partial charge in [0.15, 0.2) is 0 Å². The van der Waals surface area contributed by atoms with Gasteiger partial charge in [-0.2, -0.15) is 0 Å². The second kappa shape index (κ2) is 25.3. The summed E-state index contributed by atoms with van der Waals surface area (Å²) in [7, 11) is 0. The number of thiophene rings is 2. The van der Waals surface area contributed by atoms with Crippen LogP contribution in [-0.4, -0.2) is 34.7 Å². The van der Waals surface area contributed by atoms with Crippen molar-refractivity contribution in [3.05, 3.63) is 52.2 Å². The minimum Gasteiger partial charge on any atom is -0.306 e. The summed E-state index contributed by atoms with van der Waals surface area (Å²) >= 11 is 10.8. The van der Waals surface area contributed by atoms with E-state index in [1.54, 1.807) is 22.7 Å². The summed E-state index contributed by atoms with van der Waals surface area (Å²) in [5, 5.41) is 0. The van der Waals surface area contributed by atoms with Gasteiger partial charge >= 0.3 is 0 Å². The molecular weight excluding hydrogens is 848 g/mol. The average Bonchev–Trinajstić information content (AvgIpc) is 3.90. The van der Waals surface area contributed by atoms with Crippen LogP contribution in [0.5, 0.6) is 0 Å². The molecule has 2 aromatic rings. The molecule has 0 bridgehead atoms. The standard InChI is InChI=1S/C47H72Br2N2O2S2/c1-6-10-14-18-20-24-28-36(26-22-16-12-8-3)33-50-43(38-30-31-40(48)54-38)41-42(47(50)53)44(39-32-35(5)45(49)55-39)51(46(41)52)34-37(27-23-17-13-9-4)29-25-21-19-15-11-7-2/h30-32,36-37H,6-29,33-34H2,1-5H3. The minimum atomic E-state index is 0.0273. The van der Waals surface area contributed by atoms with Gasteiger partial charge in [0.1, 0.15) is 0 Å². The summed E-state index contributed by atoms with van der Waals surface area (Å²) in [6.45, 7) is 12.6. The lowest BCUT2D eigenvalue weighted by atomic mass is 9.93. The lowest BCUT2D eigenvalue weighted by Crippen LogP contribution is -2.34. The van der Waals surface area contributed by atoms with Crippen LogP contribution in [0.15, 0.2) is 36.9 Å². The molecule has 2 aromatic heterocycles. The Hall–Kier alpha value is -1.22. The van der Waals surface area contributed by atoms with E-state index in [1.165, 1.54) is 128 Å². The van der Waals surface area contributed by atoms with E-state index in [0.717, 1.165) is 60.0 Å². The number of carbonyl (C=O) groups is 2. The Morgan fingerprint density at radius 1 is 0.527 bits per heavy atom. The maximum Gasteiger partial charge on any atom is 0.261 e. The van der Waals surface area contributed by atoms with Crippen LogP contribution in [-0.2, 0) is 9.59 Å². The fourth-order valence-corrected chi connectivity index (χ4v) is 11.6. The quantitative estimate of drug-likeness (QED) is 0.0733. The van der Waals surface area contributed by atoms with Gasteiger partial charge < -0.3 is 9.80 Å². The van der Waals surface area contributed by atoms with Crippen molar-refractivity contribution in [2.24, 2.45) is 11.8 Å². The third kappa shape index (κ3) is 13.7. The zero-order valence-corrected chi connectivity index (χ0v) is 39.9. The van der Waals surface area contributed by atoms with E-state index in [2.05, 4.69) is 89.6 Å². The van der Waals surface area contributed by atoms with Crippen molar-refractivity contribution in [1.29, 1.82) is 0 Å². The first kappa shape index (κ1) is 46.5. The zero-order valence-electron chi connectivity index (χ0n) is 35.1. The number of rotatable bonds is 30. The molecule has 4 rings (SSSR count). The molecule has 4 heterocycles. The molecular formula is C47H72Br2N2O2S2. The summed E-state index contributed by atoms with van der Waals surface area (Å²) in [6.07, 6.45) is 29.8. The monoisotopic (exact) mass is 918 g/mol. The summed E-state index contributed by atoms with van der Waals surface area (Å²) in [5.74, 6) is 0.892. The maximum absolute atomic E-state index is 15.2. The van der Waals surface area contributed by atoms with E-state index in [4.69, 9.17) is 0 Å². The second-order valence-electron chi connectivity index (χ2n) is 16.5. The lowest BCUT2D eigenvalue weighted by Gasteiger charge is -2.29. The van der Waals surface area contributed by atoms with Crippen LogP contribution < -0.4 is 0 Å². The van der Waals surface area contributed by atoms with Gasteiger partial charge in [-0.25, -0.2) is 0 Å². The van der Waals surface area contributed by atoms with Crippen molar-refractivity contribution < 1.29 is 9.59 Å². The third-order valence-corrected chi connectivity index (χ3v) is 15.6. The summed E-state index contributed by atoms with van der Waals surface area (Å²) < 4.78 is 2.09. The number of amides is 2. The summed E-state index contributed by atoms with van der Waals surface area (Å²) in [4.78, 5) is 36.5. The molecule has 2 unspecified atom stereocenters. The number of hydrogen-bond donors (Lipinski definition) is 0. The normalized spacial score (nSPS) is 15.7. The molecule has 0 fully saturated rings. The molecule has 308 valence electrons. The van der Waals surface area contributed by atoms with E-state index in [-0.39, 0.29) is 11.8 Å². The van der Waals surface area contributed by atoms with Gasteiger partial charge in [-0.05, 0) is 100 Å². The van der Waals surface area contributed by atoms with Crippen molar-refractivity contribution in [2.45, 2.75) is 189 Å². The van der Waals surface area contributed by atoms with Gasteiger partial charge in [0.05, 0.1) is 39.9 Å². The van der Waals surface area contributed by atoms with Crippen molar-refractivity contribution in [3.63, 3.8) is 0 Å². The number of carbonyl (C=O) groups excluding carboxylic acids is 2. The molecule has 0 N–H and O–H groups in total. The number of nitrogens with zero attached hydrogens (tertiary/aromatic N) is 2. The highest BCUT2D eigenvalue weighted by atomic mass is 79.9. The minimum absolute atomic E-state index is 0.0273. The molecule has 0 saturated carbocycles. The number of unbranched alkanes of at least 4 members (excludes halogenated alkanes) is 16. The molecule has 55 heavy (non-hydrogen) atoms. The van der Waals surface area contributed by atoms with Crippen LogP contribution in [0.4, 0.5) is 0 Å². The SMILES string of the molecule is CCCCCCCCC(CCCCCC)CN1C(=O)C2=C(c3cc(C)c(Br)s3)N(CC(CCCCCC)CCCCCCCC)C(=O)C2=C1c1ccc(Br)s1. The van der Waals surface area contributed by atoms with Crippen LogP contribution in [0.2, 0.25) is 0 Å². The van der Waals surface area contributed by atoms with Crippen molar-refractivity contribution in [2.75, 3.05) is 13.1 Å². The van der Waals surface area contributed by atoms with E-state index >= 15 is 9.59 Å². The van der Waals surface area contributed by atoms with Gasteiger partial charge in [-0.1, -0.05) is 156 Å². The third-order valence-electron chi connectivity index (χ3n) is 11.8. The first-order valence-electron chi connectivity index (χ1n) is 22.4. The van der Waals surface area contributed by atoms with Gasteiger partial charge in [0, 0.05) is 13.1 Å². The Bertz CT molecular complexity index is 1520. The first-order chi connectivity index (χ1) is 26.7. The van der Waals surface area contributed by atoms with Crippen LogP contribution in [0, 0.1) is 18.8 Å². The number of fused-ring (bicyclic) bond motifs is 1. The van der Waals surface area contributed by atoms with Crippen molar-refractivity contribution in [3.8, 4) is 0 Å². The maximum atomic E-state index is 15.2. The molecule has 0 aliphatic carbocycles. The molecule has 4 nitrogen and oxygen atoms in total. The highest BCUT2D eigenvalue weighted by Gasteiger charge is 2.50.